The van der Waals surface area contributed by atoms with Crippen LogP contribution in [-0.2, 0) is 4.79 Å². The first-order chi connectivity index (χ1) is 13.5. The summed E-state index contributed by atoms with van der Waals surface area (Å²) in [7, 11) is 0. The second-order valence-electron chi connectivity index (χ2n) is 6.74. The van der Waals surface area contributed by atoms with Gasteiger partial charge in [-0.05, 0) is 54.1 Å². The van der Waals surface area contributed by atoms with Crippen molar-refractivity contribution in [3.8, 4) is 0 Å². The maximum absolute atomic E-state index is 12.3. The fourth-order valence-corrected chi connectivity index (χ4v) is 4.52. The Morgan fingerprint density at radius 2 is 1.71 bits per heavy atom. The molecule has 0 radical (unpaired) electrons. The van der Waals surface area contributed by atoms with E-state index in [-0.39, 0.29) is 5.91 Å². The Kier molecular flexibility index (Phi) is 5.67. The molecule has 0 bridgehead atoms. The van der Waals surface area contributed by atoms with Gasteiger partial charge in [-0.3, -0.25) is 4.79 Å². The van der Waals surface area contributed by atoms with E-state index < -0.39 is 0 Å². The number of anilines is 1. The van der Waals surface area contributed by atoms with Crippen LogP contribution in [0.2, 0.25) is 10.0 Å². The van der Waals surface area contributed by atoms with Crippen molar-refractivity contribution in [1.29, 1.82) is 0 Å². The maximum atomic E-state index is 12.3. The van der Waals surface area contributed by atoms with Crippen LogP contribution in [0.5, 0.6) is 0 Å². The summed E-state index contributed by atoms with van der Waals surface area (Å²) in [6.45, 7) is 5.34. The van der Waals surface area contributed by atoms with Crippen molar-refractivity contribution in [2.24, 2.45) is 4.99 Å². The number of carbonyl (C=O) groups excluding carboxylic acids is 1. The molecule has 0 aromatic heterocycles. The van der Waals surface area contributed by atoms with Gasteiger partial charge in [0.1, 0.15) is 0 Å². The number of hydrogen-bond acceptors (Lipinski definition) is 4. The smallest absolute Gasteiger partial charge is 0.286 e. The molecule has 7 heteroatoms. The zero-order valence-electron chi connectivity index (χ0n) is 15.4. The molecule has 0 aliphatic carbocycles. The molecule has 2 heterocycles. The number of amides is 1. The Hall–Kier alpha value is -1.95. The molecule has 0 unspecified atom stereocenters. The summed E-state index contributed by atoms with van der Waals surface area (Å²) < 4.78 is 0. The van der Waals surface area contributed by atoms with Crippen LogP contribution < -0.4 is 4.90 Å². The molecular formula is C21H19Cl2N3OS. The molecule has 0 atom stereocenters. The van der Waals surface area contributed by atoms with Gasteiger partial charge in [-0.25, -0.2) is 0 Å². The third kappa shape index (κ3) is 4.07. The van der Waals surface area contributed by atoms with Crippen LogP contribution in [0, 0.1) is 6.92 Å². The number of hydrogen-bond donors (Lipinski definition) is 0. The molecule has 1 fully saturated rings. The van der Waals surface area contributed by atoms with E-state index in [0.717, 1.165) is 53.2 Å². The van der Waals surface area contributed by atoms with Gasteiger partial charge in [0.25, 0.3) is 5.91 Å². The van der Waals surface area contributed by atoms with Gasteiger partial charge in [-0.1, -0.05) is 47.5 Å². The average Bonchev–Trinajstić information content (AvgIpc) is 3.06. The van der Waals surface area contributed by atoms with Crippen LogP contribution >= 0.6 is 35.0 Å². The number of carbonyl (C=O) groups is 1. The molecule has 28 heavy (non-hydrogen) atoms. The van der Waals surface area contributed by atoms with Gasteiger partial charge in [0.15, 0.2) is 5.17 Å². The summed E-state index contributed by atoms with van der Waals surface area (Å²) in [5, 5.41) is 2.18. The van der Waals surface area contributed by atoms with Gasteiger partial charge < -0.3 is 9.80 Å². The highest BCUT2D eigenvalue weighted by Gasteiger charge is 2.28. The first-order valence-electron chi connectivity index (χ1n) is 9.04. The number of halogens is 2. The molecular weight excluding hydrogens is 413 g/mol. The zero-order valence-corrected chi connectivity index (χ0v) is 17.7. The van der Waals surface area contributed by atoms with E-state index in [1.165, 1.54) is 11.8 Å². The lowest BCUT2D eigenvalue weighted by Gasteiger charge is -2.36. The second kappa shape index (κ2) is 8.19. The molecule has 4 rings (SSSR count). The molecule has 1 saturated heterocycles. The van der Waals surface area contributed by atoms with Gasteiger partial charge in [0.05, 0.1) is 4.91 Å². The van der Waals surface area contributed by atoms with Gasteiger partial charge in [-0.2, -0.15) is 4.99 Å². The lowest BCUT2D eigenvalue weighted by atomic mass is 10.2. The van der Waals surface area contributed by atoms with E-state index in [1.807, 2.05) is 49.4 Å². The van der Waals surface area contributed by atoms with Crippen molar-refractivity contribution < 1.29 is 4.79 Å². The molecule has 4 nitrogen and oxygen atoms in total. The average molecular weight is 432 g/mol. The standard InChI is InChI=1S/C21H19Cl2N3OS/c1-14-6-7-16(13-18(14)23)25-8-10-26(11-9-25)21-24-20(27)19(28-21)12-15-4-2-3-5-17(15)22/h2-7,12-13H,8-11H2,1H3/b19-12-. The number of aliphatic imine (C=N–C) groups is 1. The van der Waals surface area contributed by atoms with E-state index in [2.05, 4.69) is 20.9 Å². The quantitative estimate of drug-likeness (QED) is 0.619. The number of amidine groups is 1. The number of nitrogens with zero attached hydrogens (tertiary/aromatic N) is 3. The summed E-state index contributed by atoms with van der Waals surface area (Å²) in [6.07, 6.45) is 1.82. The summed E-state index contributed by atoms with van der Waals surface area (Å²) in [5.74, 6) is -0.201. The SMILES string of the molecule is Cc1ccc(N2CCN(C3=NC(=O)/C(=C/c4ccccc4Cl)S3)CC2)cc1Cl. The van der Waals surface area contributed by atoms with Crippen LogP contribution in [0.1, 0.15) is 11.1 Å². The molecule has 0 N–H and O–H groups in total. The third-order valence-electron chi connectivity index (χ3n) is 4.87. The highest BCUT2D eigenvalue weighted by Crippen LogP contribution is 2.32. The van der Waals surface area contributed by atoms with Crippen LogP contribution in [-0.4, -0.2) is 42.2 Å². The molecule has 2 aromatic carbocycles. The van der Waals surface area contributed by atoms with Gasteiger partial charge in [-0.15, -0.1) is 0 Å². The van der Waals surface area contributed by atoms with Crippen molar-refractivity contribution >= 4 is 57.8 Å². The zero-order chi connectivity index (χ0) is 19.7. The lowest BCUT2D eigenvalue weighted by Crippen LogP contribution is -2.47. The van der Waals surface area contributed by atoms with Crippen LogP contribution in [0.4, 0.5) is 5.69 Å². The molecule has 2 aliphatic rings. The number of benzene rings is 2. The molecule has 2 aromatic rings. The molecule has 0 spiro atoms. The first-order valence-corrected chi connectivity index (χ1v) is 10.6. The third-order valence-corrected chi connectivity index (χ3v) is 6.67. The summed E-state index contributed by atoms with van der Waals surface area (Å²) in [5.41, 5.74) is 3.04. The number of thioether (sulfide) groups is 1. The predicted octanol–water partition coefficient (Wildman–Crippen LogP) is 5.09. The topological polar surface area (TPSA) is 35.9 Å². The van der Waals surface area contributed by atoms with Gasteiger partial charge >= 0.3 is 0 Å². The van der Waals surface area contributed by atoms with E-state index >= 15 is 0 Å². The Morgan fingerprint density at radius 3 is 2.43 bits per heavy atom. The minimum absolute atomic E-state index is 0.201. The highest BCUT2D eigenvalue weighted by molar-refractivity contribution is 8.18. The summed E-state index contributed by atoms with van der Waals surface area (Å²) in [6, 6.07) is 13.7. The summed E-state index contributed by atoms with van der Waals surface area (Å²) in [4.78, 5) is 21.7. The van der Waals surface area contributed by atoms with Crippen molar-refractivity contribution in [1.82, 2.24) is 4.90 Å². The minimum Gasteiger partial charge on any atom is -0.368 e. The maximum Gasteiger partial charge on any atom is 0.286 e. The van der Waals surface area contributed by atoms with Gasteiger partial charge in [0, 0.05) is 41.9 Å². The Labute approximate surface area is 178 Å². The lowest BCUT2D eigenvalue weighted by molar-refractivity contribution is -0.113. The highest BCUT2D eigenvalue weighted by atomic mass is 35.5. The van der Waals surface area contributed by atoms with Crippen LogP contribution in [0.3, 0.4) is 0 Å². The van der Waals surface area contributed by atoms with E-state index in [9.17, 15) is 4.79 Å². The Bertz CT molecular complexity index is 981. The van der Waals surface area contributed by atoms with Crippen LogP contribution in [0.15, 0.2) is 52.4 Å². The monoisotopic (exact) mass is 431 g/mol. The van der Waals surface area contributed by atoms with E-state index in [4.69, 9.17) is 23.2 Å². The van der Waals surface area contributed by atoms with Crippen molar-refractivity contribution in [2.45, 2.75) is 6.92 Å². The first kappa shape index (κ1) is 19.4. The van der Waals surface area contributed by atoms with E-state index in [1.54, 1.807) is 0 Å². The fraction of sp³-hybridized carbons (Fsp3) is 0.238. The van der Waals surface area contributed by atoms with E-state index in [0.29, 0.717) is 9.93 Å². The second-order valence-corrected chi connectivity index (χ2v) is 8.56. The predicted molar refractivity (Wildman–Crippen MR) is 119 cm³/mol. The number of aryl methyl sites for hydroxylation is 1. The van der Waals surface area contributed by atoms with Crippen molar-refractivity contribution in [3.05, 3.63) is 68.5 Å². The largest absolute Gasteiger partial charge is 0.368 e. The molecule has 144 valence electrons. The summed E-state index contributed by atoms with van der Waals surface area (Å²) >= 11 is 13.9. The molecule has 2 aliphatic heterocycles. The minimum atomic E-state index is -0.201. The number of rotatable bonds is 2. The number of piperazine rings is 1. The normalized spacial score (nSPS) is 18.8. The molecule has 1 amide bonds. The van der Waals surface area contributed by atoms with Crippen molar-refractivity contribution in [2.75, 3.05) is 31.1 Å². The Balaban J connectivity index is 1.41. The van der Waals surface area contributed by atoms with Gasteiger partial charge in [0.2, 0.25) is 0 Å². The van der Waals surface area contributed by atoms with Crippen LogP contribution in [0.25, 0.3) is 6.08 Å². The van der Waals surface area contributed by atoms with Crippen molar-refractivity contribution in [3.63, 3.8) is 0 Å². The molecule has 0 saturated carbocycles. The fourth-order valence-electron chi connectivity index (χ4n) is 3.20. The Morgan fingerprint density at radius 1 is 1.00 bits per heavy atom.